The number of non-ortho nitro benzene ring substituents is 1. The van der Waals surface area contributed by atoms with Crippen LogP contribution in [0.15, 0.2) is 42.5 Å². The van der Waals surface area contributed by atoms with E-state index in [0.717, 1.165) is 24.8 Å². The molecule has 0 bridgehead atoms. The number of nitrogens with one attached hydrogen (secondary N) is 2. The van der Waals surface area contributed by atoms with Crippen molar-refractivity contribution in [3.63, 3.8) is 0 Å². The number of hydrogen-bond acceptors (Lipinski definition) is 6. The number of para-hydroxylation sites is 1. The quantitative estimate of drug-likeness (QED) is 0.363. The molecule has 9 nitrogen and oxygen atoms in total. The Kier molecular flexibility index (Phi) is 6.63. The molecule has 1 saturated heterocycles. The highest BCUT2D eigenvalue weighted by molar-refractivity contribution is 6.09. The Balaban J connectivity index is 1.48. The molecule has 1 aliphatic carbocycles. The summed E-state index contributed by atoms with van der Waals surface area (Å²) < 4.78 is 0. The molecule has 178 valence electrons. The smallest absolute Gasteiger partial charge is 0.270 e. The summed E-state index contributed by atoms with van der Waals surface area (Å²) in [6.07, 6.45) is 2.44. The van der Waals surface area contributed by atoms with Gasteiger partial charge in [0, 0.05) is 36.6 Å². The summed E-state index contributed by atoms with van der Waals surface area (Å²) in [5.41, 5.74) is 1.76. The number of nitro groups is 1. The second-order valence-corrected chi connectivity index (χ2v) is 9.14. The van der Waals surface area contributed by atoms with Crippen molar-refractivity contribution >= 4 is 34.8 Å². The van der Waals surface area contributed by atoms with Crippen LogP contribution in [0.1, 0.15) is 42.1 Å². The lowest BCUT2D eigenvalue weighted by atomic mass is 9.76. The molecular formula is C25H28N4O5. The number of amides is 3. The number of hydrogen-bond donors (Lipinski definition) is 2. The zero-order valence-corrected chi connectivity index (χ0v) is 19.2. The van der Waals surface area contributed by atoms with Crippen LogP contribution in [0.25, 0.3) is 0 Å². The highest BCUT2D eigenvalue weighted by Crippen LogP contribution is 2.40. The molecule has 2 aromatic carbocycles. The molecule has 9 heteroatoms. The Morgan fingerprint density at radius 2 is 1.82 bits per heavy atom. The number of fused-ring (bicyclic) bond motifs is 1. The van der Waals surface area contributed by atoms with E-state index in [-0.39, 0.29) is 48.0 Å². The van der Waals surface area contributed by atoms with Crippen LogP contribution in [-0.2, 0) is 9.59 Å². The van der Waals surface area contributed by atoms with Gasteiger partial charge in [0.15, 0.2) is 0 Å². The van der Waals surface area contributed by atoms with E-state index in [9.17, 15) is 24.5 Å². The van der Waals surface area contributed by atoms with Gasteiger partial charge in [-0.25, -0.2) is 0 Å². The van der Waals surface area contributed by atoms with Crippen molar-refractivity contribution in [1.82, 2.24) is 4.90 Å². The molecule has 0 spiro atoms. The predicted octanol–water partition coefficient (Wildman–Crippen LogP) is 3.99. The number of nitrogens with zero attached hydrogens (tertiary/aromatic N) is 2. The maximum Gasteiger partial charge on any atom is 0.270 e. The fraction of sp³-hybridized carbons (Fsp3) is 0.400. The highest BCUT2D eigenvalue weighted by Gasteiger charge is 2.49. The Hall–Kier alpha value is -3.75. The molecular weight excluding hydrogens is 436 g/mol. The highest BCUT2D eigenvalue weighted by atomic mass is 16.6. The lowest BCUT2D eigenvalue weighted by Gasteiger charge is -2.25. The van der Waals surface area contributed by atoms with Gasteiger partial charge in [-0.3, -0.25) is 29.4 Å². The fourth-order valence-corrected chi connectivity index (χ4v) is 4.87. The summed E-state index contributed by atoms with van der Waals surface area (Å²) in [4.78, 5) is 50.6. The van der Waals surface area contributed by atoms with E-state index in [2.05, 4.69) is 17.6 Å². The van der Waals surface area contributed by atoms with Crippen molar-refractivity contribution in [2.75, 3.05) is 23.7 Å². The number of carbonyl (C=O) groups excluding carboxylic acids is 3. The van der Waals surface area contributed by atoms with Crippen LogP contribution >= 0.6 is 0 Å². The predicted molar refractivity (Wildman–Crippen MR) is 127 cm³/mol. The minimum absolute atomic E-state index is 0.110. The topological polar surface area (TPSA) is 122 Å². The lowest BCUT2D eigenvalue weighted by Crippen LogP contribution is -2.35. The van der Waals surface area contributed by atoms with Crippen LogP contribution in [-0.4, -0.2) is 40.6 Å². The van der Waals surface area contributed by atoms with Crippen LogP contribution < -0.4 is 10.6 Å². The normalized spacial score (nSPS) is 21.8. The van der Waals surface area contributed by atoms with Gasteiger partial charge in [-0.2, -0.15) is 0 Å². The zero-order valence-electron chi connectivity index (χ0n) is 19.2. The van der Waals surface area contributed by atoms with Gasteiger partial charge in [0.2, 0.25) is 11.8 Å². The van der Waals surface area contributed by atoms with Crippen molar-refractivity contribution in [3.05, 3.63) is 63.7 Å². The third-order valence-electron chi connectivity index (χ3n) is 6.78. The minimum atomic E-state index is -0.557. The van der Waals surface area contributed by atoms with Crippen molar-refractivity contribution in [2.24, 2.45) is 17.8 Å². The SMILES string of the molecule is Cc1ccccc1NC(=O)c1cc([N+](=O)[O-])ccc1NCCN1C(=O)C2CCC(C)CC2C1=O. The van der Waals surface area contributed by atoms with E-state index in [1.165, 1.54) is 23.1 Å². The summed E-state index contributed by atoms with van der Waals surface area (Å²) in [5, 5.41) is 17.2. The molecule has 2 fully saturated rings. The van der Waals surface area contributed by atoms with Gasteiger partial charge in [-0.1, -0.05) is 25.1 Å². The van der Waals surface area contributed by atoms with E-state index in [4.69, 9.17) is 0 Å². The fourth-order valence-electron chi connectivity index (χ4n) is 4.87. The summed E-state index contributed by atoms with van der Waals surface area (Å²) >= 11 is 0. The first-order valence-corrected chi connectivity index (χ1v) is 11.5. The summed E-state index contributed by atoms with van der Waals surface area (Å²) in [7, 11) is 0. The lowest BCUT2D eigenvalue weighted by molar-refractivity contribution is -0.384. The van der Waals surface area contributed by atoms with Gasteiger partial charge in [0.25, 0.3) is 11.6 Å². The number of nitro benzene ring substituents is 1. The van der Waals surface area contributed by atoms with Crippen LogP contribution in [0.3, 0.4) is 0 Å². The van der Waals surface area contributed by atoms with Gasteiger partial charge in [-0.15, -0.1) is 0 Å². The van der Waals surface area contributed by atoms with Crippen LogP contribution in [0, 0.1) is 34.8 Å². The number of imide groups is 1. The molecule has 3 unspecified atom stereocenters. The average Bonchev–Trinajstić information content (AvgIpc) is 3.04. The van der Waals surface area contributed by atoms with Crippen LogP contribution in [0.4, 0.5) is 17.1 Å². The Morgan fingerprint density at radius 1 is 1.09 bits per heavy atom. The van der Waals surface area contributed by atoms with Crippen LogP contribution in [0.5, 0.6) is 0 Å². The van der Waals surface area contributed by atoms with Crippen molar-refractivity contribution in [2.45, 2.75) is 33.1 Å². The third kappa shape index (κ3) is 4.64. The van der Waals surface area contributed by atoms with Crippen molar-refractivity contribution < 1.29 is 19.3 Å². The molecule has 4 rings (SSSR count). The molecule has 3 atom stereocenters. The zero-order chi connectivity index (χ0) is 24.4. The third-order valence-corrected chi connectivity index (χ3v) is 6.78. The Labute approximate surface area is 197 Å². The van der Waals surface area contributed by atoms with Crippen LogP contribution in [0.2, 0.25) is 0 Å². The maximum atomic E-state index is 13.0. The second-order valence-electron chi connectivity index (χ2n) is 9.14. The summed E-state index contributed by atoms with van der Waals surface area (Å²) in [6.45, 7) is 4.37. The molecule has 0 aromatic heterocycles. The van der Waals surface area contributed by atoms with Gasteiger partial charge < -0.3 is 10.6 Å². The van der Waals surface area contributed by atoms with E-state index in [0.29, 0.717) is 17.3 Å². The first-order valence-electron chi connectivity index (χ1n) is 11.5. The molecule has 0 radical (unpaired) electrons. The van der Waals surface area contributed by atoms with Gasteiger partial charge >= 0.3 is 0 Å². The maximum absolute atomic E-state index is 13.0. The first-order chi connectivity index (χ1) is 16.3. The molecule has 2 N–H and O–H groups in total. The summed E-state index contributed by atoms with van der Waals surface area (Å²) in [5.74, 6) is -0.751. The van der Waals surface area contributed by atoms with Crippen molar-refractivity contribution in [3.8, 4) is 0 Å². The van der Waals surface area contributed by atoms with E-state index < -0.39 is 10.8 Å². The first kappa shape index (κ1) is 23.4. The number of benzene rings is 2. The van der Waals surface area contributed by atoms with Gasteiger partial charge in [0.05, 0.1) is 22.3 Å². The number of rotatable bonds is 7. The molecule has 2 aliphatic rings. The Morgan fingerprint density at radius 3 is 2.56 bits per heavy atom. The van der Waals surface area contributed by atoms with E-state index in [1.54, 1.807) is 12.1 Å². The molecule has 1 heterocycles. The minimum Gasteiger partial charge on any atom is -0.383 e. The number of anilines is 2. The van der Waals surface area contributed by atoms with E-state index in [1.807, 2.05) is 19.1 Å². The van der Waals surface area contributed by atoms with Crippen molar-refractivity contribution in [1.29, 1.82) is 0 Å². The summed E-state index contributed by atoms with van der Waals surface area (Å²) in [6, 6.07) is 11.3. The molecule has 2 aromatic rings. The average molecular weight is 465 g/mol. The van der Waals surface area contributed by atoms with E-state index >= 15 is 0 Å². The Bertz CT molecular complexity index is 1150. The largest absolute Gasteiger partial charge is 0.383 e. The molecule has 34 heavy (non-hydrogen) atoms. The number of aryl methyl sites for hydroxylation is 1. The molecule has 1 saturated carbocycles. The van der Waals surface area contributed by atoms with Gasteiger partial charge in [0.1, 0.15) is 0 Å². The number of likely N-dealkylation sites (tertiary alicyclic amines) is 1. The standard InChI is InChI=1S/C25H28N4O5/c1-15-7-9-18-19(13-15)25(32)28(24(18)31)12-11-26-22-10-8-17(29(33)34)14-20(22)23(30)27-21-6-4-3-5-16(21)2/h3-6,8,10,14-15,18-19,26H,7,9,11-13H2,1-2H3,(H,27,30). The monoisotopic (exact) mass is 464 g/mol. The molecule has 3 amide bonds. The van der Waals surface area contributed by atoms with Gasteiger partial charge in [-0.05, 0) is 49.8 Å². The second kappa shape index (κ2) is 9.62. The number of carbonyl (C=O) groups is 3. The molecule has 1 aliphatic heterocycles.